The number of hydrogen-bond donors (Lipinski definition) is 0. The van der Waals surface area contributed by atoms with E-state index in [1.807, 2.05) is 270 Å². The Morgan fingerprint density at radius 1 is 0.321 bits per heavy atom. The van der Waals surface area contributed by atoms with E-state index in [0.29, 0.717) is 66.6 Å². The fraction of sp³-hybridized carbons (Fsp3) is 0.131. The van der Waals surface area contributed by atoms with Gasteiger partial charge in [0, 0.05) is 34.4 Å². The first-order chi connectivity index (χ1) is 54.5. The lowest BCUT2D eigenvalue weighted by Gasteiger charge is -2.30. The van der Waals surface area contributed by atoms with E-state index in [1.165, 1.54) is 22.3 Å². The molecule has 13 aromatic rings. The van der Waals surface area contributed by atoms with Crippen molar-refractivity contribution in [3.05, 3.63) is 404 Å². The zero-order chi connectivity index (χ0) is 78.9. The summed E-state index contributed by atoms with van der Waals surface area (Å²) in [6.45, 7) is 28.2. The molecule has 0 bridgehead atoms. The van der Waals surface area contributed by atoms with E-state index in [1.54, 1.807) is 30.4 Å². The van der Waals surface area contributed by atoms with Gasteiger partial charge in [-0.05, 0) is 154 Å². The molecule has 3 unspecified atom stereocenters. The molecule has 10 nitrogen and oxygen atoms in total. The summed E-state index contributed by atoms with van der Waals surface area (Å²) < 4.78 is 82.8. The average molecular weight is 1540 g/mol. The van der Waals surface area contributed by atoms with Crippen molar-refractivity contribution in [1.29, 1.82) is 0 Å². The van der Waals surface area contributed by atoms with Crippen LogP contribution in [0.15, 0.2) is 360 Å². The lowest BCUT2D eigenvalue weighted by molar-refractivity contribution is 0.299. The molecular weight excluding hydrogens is 1440 g/mol. The number of allylic oxidation sites excluding steroid dienone is 2. The summed E-state index contributed by atoms with van der Waals surface area (Å²) in [7, 11) is -9.06. The van der Waals surface area contributed by atoms with Crippen LogP contribution in [-0.2, 0) is 45.5 Å². The van der Waals surface area contributed by atoms with Crippen molar-refractivity contribution >= 4 is 55.5 Å². The maximum Gasteiger partial charge on any atom is 0.311 e. The van der Waals surface area contributed by atoms with Crippen molar-refractivity contribution in [1.82, 2.24) is 0 Å². The normalized spacial score (nSPS) is 15.3. The van der Waals surface area contributed by atoms with Crippen LogP contribution in [0.3, 0.4) is 0 Å². The molecule has 0 saturated carbocycles. The molecule has 0 N–H and O–H groups in total. The van der Waals surface area contributed by atoms with Gasteiger partial charge in [0.1, 0.15) is 66.7 Å². The maximum absolute atomic E-state index is 15.1. The molecule has 0 spiro atoms. The highest BCUT2D eigenvalue weighted by atomic mass is 31.2. The molecule has 0 radical (unpaired) electrons. The van der Waals surface area contributed by atoms with Crippen molar-refractivity contribution in [3.63, 3.8) is 0 Å². The van der Waals surface area contributed by atoms with Gasteiger partial charge in [-0.3, -0.25) is 13.7 Å². The van der Waals surface area contributed by atoms with Gasteiger partial charge in [0.15, 0.2) is 0 Å². The molecular formula is C99H95O10P3. The van der Waals surface area contributed by atoms with E-state index in [9.17, 15) is 9.13 Å². The Labute approximate surface area is 661 Å². The minimum atomic E-state index is -3.62. The van der Waals surface area contributed by atoms with Crippen LogP contribution in [0, 0.1) is 0 Å². The molecule has 0 saturated heterocycles. The Morgan fingerprint density at radius 3 is 1.01 bits per heavy atom. The lowest BCUT2D eigenvalue weighted by atomic mass is 9.78. The lowest BCUT2D eigenvalue weighted by Crippen LogP contribution is -2.26. The number of ether oxygens (including phenoxy) is 4. The van der Waals surface area contributed by atoms with E-state index in [4.69, 9.17) is 32.5 Å². The van der Waals surface area contributed by atoms with Crippen LogP contribution in [0.1, 0.15) is 86.1 Å². The first-order valence-electron chi connectivity index (χ1n) is 37.5. The summed E-state index contributed by atoms with van der Waals surface area (Å²) in [5.41, 5.74) is 14.7. The first kappa shape index (κ1) is 81.1. The molecule has 16 rings (SSSR count). The van der Waals surface area contributed by atoms with Crippen LogP contribution in [0.2, 0.25) is 0 Å². The summed E-state index contributed by atoms with van der Waals surface area (Å²) >= 11 is 0. The third kappa shape index (κ3) is 19.8. The molecule has 3 heterocycles. The molecule has 0 fully saturated rings. The van der Waals surface area contributed by atoms with Crippen molar-refractivity contribution in [2.45, 2.75) is 73.4 Å². The molecule has 112 heavy (non-hydrogen) atoms. The van der Waals surface area contributed by atoms with E-state index in [0.717, 1.165) is 89.2 Å². The van der Waals surface area contributed by atoms with Gasteiger partial charge in [-0.15, -0.1) is 13.2 Å². The Morgan fingerprint density at radius 2 is 0.625 bits per heavy atom. The average Bonchev–Trinajstić information content (AvgIpc) is 0.743. The summed E-state index contributed by atoms with van der Waals surface area (Å²) in [4.78, 5) is 0. The van der Waals surface area contributed by atoms with Crippen molar-refractivity contribution in [2.24, 2.45) is 0 Å². The topological polar surface area (TPSA) is 116 Å². The summed E-state index contributed by atoms with van der Waals surface area (Å²) in [6.07, 6.45) is 8.16. The number of rotatable bonds is 19. The first-order valence-corrected chi connectivity index (χ1v) is 42.7. The molecule has 3 atom stereocenters. The van der Waals surface area contributed by atoms with E-state index in [-0.39, 0.29) is 5.41 Å². The van der Waals surface area contributed by atoms with Gasteiger partial charge in [0.2, 0.25) is 0 Å². The highest BCUT2D eigenvalue weighted by Crippen LogP contribution is 2.57. The van der Waals surface area contributed by atoms with Crippen LogP contribution in [0.4, 0.5) is 0 Å². The zero-order valence-corrected chi connectivity index (χ0v) is 67.1. The van der Waals surface area contributed by atoms with E-state index in [2.05, 4.69) is 113 Å². The van der Waals surface area contributed by atoms with Gasteiger partial charge in [-0.2, -0.15) is 0 Å². The minimum Gasteiger partial charge on any atom is -0.489 e. The Balaban J connectivity index is 0.000000153. The second-order valence-corrected chi connectivity index (χ2v) is 34.5. The number of hydrogen-bond acceptors (Lipinski definition) is 10. The molecule has 3 aliphatic heterocycles. The molecule has 566 valence electrons. The predicted molar refractivity (Wildman–Crippen MR) is 466 cm³/mol. The summed E-state index contributed by atoms with van der Waals surface area (Å²) in [5, 5.41) is 2.79. The van der Waals surface area contributed by atoms with Crippen LogP contribution in [0.5, 0.6) is 40.2 Å². The number of benzene rings is 13. The van der Waals surface area contributed by atoms with Gasteiger partial charge in [-0.1, -0.05) is 308 Å². The van der Waals surface area contributed by atoms with E-state index >= 15 is 4.57 Å². The van der Waals surface area contributed by atoms with Crippen molar-refractivity contribution < 1.29 is 46.2 Å². The Kier molecular flexibility index (Phi) is 28.0. The Hall–Kier alpha value is -11.9. The Bertz CT molecular complexity index is 5260. The minimum absolute atomic E-state index is 0.115. The van der Waals surface area contributed by atoms with Gasteiger partial charge in [-0.25, -0.2) is 0 Å². The van der Waals surface area contributed by atoms with Crippen molar-refractivity contribution in [2.75, 3.05) is 12.3 Å². The monoisotopic (exact) mass is 1540 g/mol. The van der Waals surface area contributed by atoms with Gasteiger partial charge in [0.05, 0.1) is 21.2 Å². The van der Waals surface area contributed by atoms with Gasteiger partial charge >= 0.3 is 7.37 Å². The predicted octanol–water partition coefficient (Wildman–Crippen LogP) is 25.3. The summed E-state index contributed by atoms with van der Waals surface area (Å²) in [6, 6.07) is 105. The molecule has 0 aliphatic carbocycles. The molecule has 3 aliphatic rings. The molecule has 13 heteroatoms. The third-order valence-electron chi connectivity index (χ3n) is 19.0. The van der Waals surface area contributed by atoms with Crippen LogP contribution >= 0.6 is 22.1 Å². The largest absolute Gasteiger partial charge is 0.489 e. The zero-order valence-electron chi connectivity index (χ0n) is 64.4. The summed E-state index contributed by atoms with van der Waals surface area (Å²) in [5.74, 6) is 4.87. The fourth-order valence-corrected chi connectivity index (χ4v) is 19.1. The van der Waals surface area contributed by atoms with Crippen LogP contribution < -0.4 is 53.7 Å². The molecule has 0 amide bonds. The van der Waals surface area contributed by atoms with Gasteiger partial charge in [0.25, 0.3) is 14.7 Å². The van der Waals surface area contributed by atoms with Crippen LogP contribution in [-0.4, -0.2) is 12.3 Å². The van der Waals surface area contributed by atoms with Crippen molar-refractivity contribution in [3.8, 4) is 73.6 Å². The smallest absolute Gasteiger partial charge is 0.311 e. The van der Waals surface area contributed by atoms with Gasteiger partial charge < -0.3 is 32.5 Å². The molecule has 0 aromatic heterocycles. The third-order valence-corrected chi connectivity index (χ3v) is 26.3. The standard InChI is InChI=1S/C36H29O4P.C29H28O2.2C14H13O2P.2C3H6/c1-3-26-13-17-28(18-14-26)24-38-30-21-22-34(39-25-29-19-15-27(4-2)16-20-29)36(23-30)41(37)35-12-8-6-10-32(35)31-9-5-7-11-33(31)40-41;1-29(2,25-13-17-27(18-14-25)30-21-23-9-5-3-6-10-23)26-15-19-28(20-16-26)31-22-24-11-7-4-8-12-24;2*1-2-17(15)14-10-6-4-8-12(14)11-7-3-5-9-13(11)16-17;2*1-3-2/h3-23H,1-2,24-25H2;3-20H,21-22H2,1-2H3;2*3-10H,2H2,1H3;2*3H,1H2,2H3. The molecule has 13 aromatic carbocycles. The second-order valence-electron chi connectivity index (χ2n) is 27.0. The second kappa shape index (κ2) is 38.6. The maximum atomic E-state index is 15.1. The highest BCUT2D eigenvalue weighted by Gasteiger charge is 2.41. The number of fused-ring (bicyclic) bond motifs is 9. The fourth-order valence-electron chi connectivity index (χ4n) is 12.9. The quantitative estimate of drug-likeness (QED) is 0.0572. The number of para-hydroxylation sites is 3. The van der Waals surface area contributed by atoms with Crippen LogP contribution in [0.25, 0.3) is 45.5 Å². The van der Waals surface area contributed by atoms with E-state index < -0.39 is 22.1 Å². The highest BCUT2D eigenvalue weighted by molar-refractivity contribution is 7.75. The SMILES string of the molecule is C=CC.C=CC.C=Cc1ccc(COc2ccc(OCc3ccc(C=C)cc3)c(P3(=O)Oc4ccccc4-c4ccccc43)c2)cc1.CC(C)(c1ccc(OCc2ccccc2)cc1)c1ccc(OCc2ccccc2)cc1.CCP1(=O)Oc2ccccc2-c2ccccc21.CCP1(=O)Oc2ccccc2-c2ccccc21.